The molecular weight excluding hydrogens is 142 g/mol. The average molecular weight is 157 g/mol. The van der Waals surface area contributed by atoms with E-state index in [-0.39, 0.29) is 5.97 Å². The smallest absolute Gasteiger partial charge is 0.307 e. The molecule has 0 atom stereocenters. The third-order valence-corrected chi connectivity index (χ3v) is 1.97. The highest BCUT2D eigenvalue weighted by Gasteiger charge is 2.16. The van der Waals surface area contributed by atoms with Crippen molar-refractivity contribution >= 4 is 5.97 Å². The topological polar surface area (TPSA) is 29.5 Å². The van der Waals surface area contributed by atoms with Crippen molar-refractivity contribution in [1.29, 1.82) is 0 Å². The molecule has 3 heteroatoms. The van der Waals surface area contributed by atoms with Crippen molar-refractivity contribution in [3.63, 3.8) is 0 Å². The van der Waals surface area contributed by atoms with Crippen LogP contribution in [0.3, 0.4) is 0 Å². The lowest BCUT2D eigenvalue weighted by Gasteiger charge is -2.22. The molecule has 0 unspecified atom stereocenters. The molecule has 1 rings (SSSR count). The van der Waals surface area contributed by atoms with Gasteiger partial charge in [0.25, 0.3) is 0 Å². The van der Waals surface area contributed by atoms with E-state index in [9.17, 15) is 4.79 Å². The molecule has 3 nitrogen and oxygen atoms in total. The van der Waals surface area contributed by atoms with Crippen LogP contribution in [0.25, 0.3) is 0 Å². The summed E-state index contributed by atoms with van der Waals surface area (Å²) in [7, 11) is 0. The van der Waals surface area contributed by atoms with Gasteiger partial charge >= 0.3 is 5.97 Å². The summed E-state index contributed by atoms with van der Waals surface area (Å²) in [6.45, 7) is 6.54. The zero-order chi connectivity index (χ0) is 8.27. The number of carbonyl (C=O) groups excluding carboxylic acids is 1. The number of hydrogen-bond acceptors (Lipinski definition) is 3. The summed E-state index contributed by atoms with van der Waals surface area (Å²) in [5.41, 5.74) is 0. The van der Waals surface area contributed by atoms with Gasteiger partial charge in [-0.15, -0.1) is 0 Å². The zero-order valence-electron chi connectivity index (χ0n) is 7.17. The number of nitrogens with zero attached hydrogens (tertiary/aromatic N) is 1. The van der Waals surface area contributed by atoms with Gasteiger partial charge in [-0.1, -0.05) is 0 Å². The van der Waals surface area contributed by atoms with E-state index in [0.717, 1.165) is 13.1 Å². The molecule has 1 saturated heterocycles. The van der Waals surface area contributed by atoms with E-state index >= 15 is 0 Å². The molecule has 0 aromatic carbocycles. The maximum Gasteiger partial charge on any atom is 0.307 e. The highest BCUT2D eigenvalue weighted by atomic mass is 16.5. The van der Waals surface area contributed by atoms with Gasteiger partial charge in [0.15, 0.2) is 0 Å². The SMILES string of the molecule is CC(C)N1CCOC(=O)CC1. The van der Waals surface area contributed by atoms with Gasteiger partial charge < -0.3 is 4.74 Å². The number of carbonyl (C=O) groups is 1. The van der Waals surface area contributed by atoms with Gasteiger partial charge in [0.1, 0.15) is 6.61 Å². The van der Waals surface area contributed by atoms with Crippen molar-refractivity contribution in [2.45, 2.75) is 26.3 Å². The number of ether oxygens (including phenoxy) is 1. The molecule has 0 amide bonds. The van der Waals surface area contributed by atoms with Crippen molar-refractivity contribution in [3.8, 4) is 0 Å². The number of cyclic esters (lactones) is 1. The largest absolute Gasteiger partial charge is 0.464 e. The van der Waals surface area contributed by atoms with Gasteiger partial charge in [0, 0.05) is 19.1 Å². The van der Waals surface area contributed by atoms with Crippen LogP contribution in [0.5, 0.6) is 0 Å². The summed E-state index contributed by atoms with van der Waals surface area (Å²) in [4.78, 5) is 13.1. The van der Waals surface area contributed by atoms with E-state index in [2.05, 4.69) is 18.7 Å². The normalized spacial score (nSPS) is 21.5. The summed E-state index contributed by atoms with van der Waals surface area (Å²) < 4.78 is 4.90. The Bertz CT molecular complexity index is 145. The maximum absolute atomic E-state index is 10.8. The fraction of sp³-hybridized carbons (Fsp3) is 0.875. The van der Waals surface area contributed by atoms with Crippen LogP contribution in [-0.2, 0) is 9.53 Å². The summed E-state index contributed by atoms with van der Waals surface area (Å²) in [5, 5.41) is 0. The minimum Gasteiger partial charge on any atom is -0.464 e. The van der Waals surface area contributed by atoms with Crippen molar-refractivity contribution in [3.05, 3.63) is 0 Å². The summed E-state index contributed by atoms with van der Waals surface area (Å²) in [5.74, 6) is -0.0619. The standard InChI is InChI=1S/C8H15NO2/c1-7(2)9-4-3-8(10)11-6-5-9/h7H,3-6H2,1-2H3. The van der Waals surface area contributed by atoms with Crippen LogP contribution in [0.15, 0.2) is 0 Å². The molecule has 0 N–H and O–H groups in total. The Morgan fingerprint density at radius 3 is 2.82 bits per heavy atom. The van der Waals surface area contributed by atoms with Crippen LogP contribution >= 0.6 is 0 Å². The zero-order valence-corrected chi connectivity index (χ0v) is 7.17. The second-order valence-corrected chi connectivity index (χ2v) is 3.10. The molecule has 0 bridgehead atoms. The fourth-order valence-corrected chi connectivity index (χ4v) is 1.21. The van der Waals surface area contributed by atoms with Crippen molar-refractivity contribution in [1.82, 2.24) is 4.90 Å². The molecule has 11 heavy (non-hydrogen) atoms. The Morgan fingerprint density at radius 1 is 1.45 bits per heavy atom. The van der Waals surface area contributed by atoms with Crippen LogP contribution in [0.2, 0.25) is 0 Å². The number of rotatable bonds is 1. The first kappa shape index (κ1) is 8.53. The molecule has 64 valence electrons. The Balaban J connectivity index is 2.40. The quantitative estimate of drug-likeness (QED) is 0.523. The van der Waals surface area contributed by atoms with E-state index in [1.165, 1.54) is 0 Å². The predicted molar refractivity (Wildman–Crippen MR) is 42.3 cm³/mol. The van der Waals surface area contributed by atoms with E-state index < -0.39 is 0 Å². The highest BCUT2D eigenvalue weighted by molar-refractivity contribution is 5.69. The first-order valence-electron chi connectivity index (χ1n) is 4.10. The van der Waals surface area contributed by atoms with Gasteiger partial charge in [-0.25, -0.2) is 0 Å². The third-order valence-electron chi connectivity index (χ3n) is 1.97. The first-order chi connectivity index (χ1) is 5.20. The first-order valence-corrected chi connectivity index (χ1v) is 4.10. The van der Waals surface area contributed by atoms with Crippen LogP contribution < -0.4 is 0 Å². The third kappa shape index (κ3) is 2.50. The van der Waals surface area contributed by atoms with Gasteiger partial charge in [0.05, 0.1) is 6.42 Å². The Labute approximate surface area is 67.3 Å². The molecule has 0 aromatic heterocycles. The second kappa shape index (κ2) is 3.72. The summed E-state index contributed by atoms with van der Waals surface area (Å²) in [6, 6.07) is 0.518. The van der Waals surface area contributed by atoms with Crippen LogP contribution in [-0.4, -0.2) is 36.6 Å². The molecule has 0 radical (unpaired) electrons. The van der Waals surface area contributed by atoms with Gasteiger partial charge in [0.2, 0.25) is 0 Å². The Kier molecular flexibility index (Phi) is 2.88. The maximum atomic E-state index is 10.8. The average Bonchev–Trinajstić information content (AvgIpc) is 2.13. The lowest BCUT2D eigenvalue weighted by Crippen LogP contribution is -2.32. The highest BCUT2D eigenvalue weighted by Crippen LogP contribution is 2.04. The van der Waals surface area contributed by atoms with Gasteiger partial charge in [-0.3, -0.25) is 9.69 Å². The minimum absolute atomic E-state index is 0.0619. The van der Waals surface area contributed by atoms with E-state index in [1.807, 2.05) is 0 Å². The summed E-state index contributed by atoms with van der Waals surface area (Å²) >= 11 is 0. The molecule has 0 spiro atoms. The van der Waals surface area contributed by atoms with E-state index in [4.69, 9.17) is 4.74 Å². The number of hydrogen-bond donors (Lipinski definition) is 0. The molecule has 1 fully saturated rings. The molecule has 1 aliphatic heterocycles. The molecule has 0 saturated carbocycles. The molecule has 1 aliphatic rings. The number of esters is 1. The predicted octanol–water partition coefficient (Wildman–Crippen LogP) is 0.644. The van der Waals surface area contributed by atoms with Crippen LogP contribution in [0.4, 0.5) is 0 Å². The molecule has 1 heterocycles. The van der Waals surface area contributed by atoms with Crippen molar-refractivity contribution < 1.29 is 9.53 Å². The minimum atomic E-state index is -0.0619. The van der Waals surface area contributed by atoms with Crippen molar-refractivity contribution in [2.24, 2.45) is 0 Å². The van der Waals surface area contributed by atoms with Gasteiger partial charge in [-0.05, 0) is 13.8 Å². The molecule has 0 aliphatic carbocycles. The van der Waals surface area contributed by atoms with Crippen molar-refractivity contribution in [2.75, 3.05) is 19.7 Å². The molecule has 0 aromatic rings. The molecular formula is C8H15NO2. The van der Waals surface area contributed by atoms with Crippen LogP contribution in [0, 0.1) is 0 Å². The Hall–Kier alpha value is -0.570. The van der Waals surface area contributed by atoms with Crippen LogP contribution in [0.1, 0.15) is 20.3 Å². The monoisotopic (exact) mass is 157 g/mol. The summed E-state index contributed by atoms with van der Waals surface area (Å²) in [6.07, 6.45) is 0.540. The lowest BCUT2D eigenvalue weighted by molar-refractivity contribution is -0.142. The van der Waals surface area contributed by atoms with E-state index in [1.54, 1.807) is 0 Å². The second-order valence-electron chi connectivity index (χ2n) is 3.10. The van der Waals surface area contributed by atoms with E-state index in [0.29, 0.717) is 19.1 Å². The van der Waals surface area contributed by atoms with Gasteiger partial charge in [-0.2, -0.15) is 0 Å². The lowest BCUT2D eigenvalue weighted by atomic mass is 10.3. The fourth-order valence-electron chi connectivity index (χ4n) is 1.21. The Morgan fingerprint density at radius 2 is 2.18 bits per heavy atom.